The summed E-state index contributed by atoms with van der Waals surface area (Å²) in [6.45, 7) is 6.91. The van der Waals surface area contributed by atoms with E-state index >= 15 is 0 Å². The topological polar surface area (TPSA) is 37.8 Å². The van der Waals surface area contributed by atoms with Crippen LogP contribution in [0.3, 0.4) is 0 Å². The van der Waals surface area contributed by atoms with E-state index in [0.29, 0.717) is 0 Å². The first kappa shape index (κ1) is 11.6. The van der Waals surface area contributed by atoms with Gasteiger partial charge >= 0.3 is 0 Å². The van der Waals surface area contributed by atoms with Gasteiger partial charge in [0, 0.05) is 17.8 Å². The fraction of sp³-hybridized carbons (Fsp3) is 0.286. The molecule has 0 bridgehead atoms. The van der Waals surface area contributed by atoms with E-state index in [4.69, 9.17) is 0 Å². The van der Waals surface area contributed by atoms with Crippen LogP contribution in [-0.2, 0) is 6.54 Å². The van der Waals surface area contributed by atoms with Gasteiger partial charge in [-0.2, -0.15) is 0 Å². The molecule has 2 rings (SSSR count). The van der Waals surface area contributed by atoms with Crippen molar-refractivity contribution in [2.24, 2.45) is 0 Å². The van der Waals surface area contributed by atoms with Gasteiger partial charge < -0.3 is 5.32 Å². The van der Waals surface area contributed by atoms with Gasteiger partial charge in [0.05, 0.1) is 0 Å². The van der Waals surface area contributed by atoms with E-state index in [2.05, 4.69) is 46.5 Å². The molecule has 88 valence electrons. The second-order valence-corrected chi connectivity index (χ2v) is 4.27. The van der Waals surface area contributed by atoms with Gasteiger partial charge in [0.2, 0.25) is 0 Å². The Morgan fingerprint density at radius 2 is 1.71 bits per heavy atom. The number of rotatable bonds is 3. The minimum Gasteiger partial charge on any atom is -0.366 e. The minimum atomic E-state index is 0.789. The lowest BCUT2D eigenvalue weighted by atomic mass is 10.1. The maximum atomic E-state index is 4.25. The Kier molecular flexibility index (Phi) is 3.38. The molecular formula is C14H17N3. The third-order valence-electron chi connectivity index (χ3n) is 2.92. The molecule has 1 aromatic heterocycles. The molecule has 0 unspecified atom stereocenters. The number of anilines is 1. The fourth-order valence-corrected chi connectivity index (χ4v) is 1.61. The van der Waals surface area contributed by atoms with Crippen LogP contribution in [0.2, 0.25) is 0 Å². The first-order chi connectivity index (χ1) is 8.16. The summed E-state index contributed by atoms with van der Waals surface area (Å²) in [4.78, 5) is 8.40. The lowest BCUT2D eigenvalue weighted by Crippen LogP contribution is -2.04. The first-order valence-electron chi connectivity index (χ1n) is 5.74. The molecule has 0 radical (unpaired) electrons. The van der Waals surface area contributed by atoms with Crippen molar-refractivity contribution in [3.63, 3.8) is 0 Å². The minimum absolute atomic E-state index is 0.789. The quantitative estimate of drug-likeness (QED) is 0.875. The molecule has 0 aliphatic heterocycles. The average molecular weight is 227 g/mol. The molecule has 0 atom stereocenters. The van der Waals surface area contributed by atoms with Crippen LogP contribution in [0.5, 0.6) is 0 Å². The molecule has 1 N–H and O–H groups in total. The molecule has 0 amide bonds. The Hall–Kier alpha value is -1.90. The van der Waals surface area contributed by atoms with Crippen molar-refractivity contribution < 1.29 is 0 Å². The van der Waals surface area contributed by atoms with Gasteiger partial charge in [-0.3, -0.25) is 0 Å². The number of nitrogens with zero attached hydrogens (tertiary/aromatic N) is 2. The van der Waals surface area contributed by atoms with Gasteiger partial charge in [-0.05, 0) is 26.3 Å². The van der Waals surface area contributed by atoms with Crippen molar-refractivity contribution in [1.82, 2.24) is 9.97 Å². The molecule has 1 aromatic carbocycles. The summed E-state index contributed by atoms with van der Waals surface area (Å²) in [6.07, 6.45) is 1.60. The van der Waals surface area contributed by atoms with Gasteiger partial charge in [-0.1, -0.05) is 29.8 Å². The molecule has 0 aliphatic carbocycles. The van der Waals surface area contributed by atoms with Crippen LogP contribution in [0.4, 0.5) is 5.82 Å². The second-order valence-electron chi connectivity index (χ2n) is 4.27. The Bertz CT molecular complexity index is 503. The molecule has 17 heavy (non-hydrogen) atoms. The molecule has 0 aliphatic rings. The van der Waals surface area contributed by atoms with Crippen molar-refractivity contribution in [3.05, 3.63) is 53.0 Å². The Morgan fingerprint density at radius 3 is 2.41 bits per heavy atom. The Balaban J connectivity index is 2.07. The largest absolute Gasteiger partial charge is 0.366 e. The summed E-state index contributed by atoms with van der Waals surface area (Å²) in [5, 5.41) is 3.34. The number of aromatic nitrogens is 2. The predicted octanol–water partition coefficient (Wildman–Crippen LogP) is 3.01. The van der Waals surface area contributed by atoms with Crippen LogP contribution in [0, 0.1) is 20.8 Å². The maximum absolute atomic E-state index is 4.25. The number of aryl methyl sites for hydroxylation is 2. The highest BCUT2D eigenvalue weighted by Gasteiger charge is 2.02. The monoisotopic (exact) mass is 227 g/mol. The molecule has 0 saturated carbocycles. The number of hydrogen-bond acceptors (Lipinski definition) is 3. The number of nitrogens with one attached hydrogen (secondary N) is 1. The van der Waals surface area contributed by atoms with Crippen molar-refractivity contribution in [2.45, 2.75) is 27.3 Å². The predicted molar refractivity (Wildman–Crippen MR) is 70.0 cm³/mol. The zero-order valence-corrected chi connectivity index (χ0v) is 10.5. The normalized spacial score (nSPS) is 10.3. The second kappa shape index (κ2) is 4.95. The van der Waals surface area contributed by atoms with Gasteiger partial charge in [0.15, 0.2) is 0 Å². The summed E-state index contributed by atoms with van der Waals surface area (Å²) >= 11 is 0. The first-order valence-corrected chi connectivity index (χ1v) is 5.74. The third-order valence-corrected chi connectivity index (χ3v) is 2.92. The van der Waals surface area contributed by atoms with Crippen LogP contribution in [0.15, 0.2) is 30.6 Å². The lowest BCUT2D eigenvalue weighted by Gasteiger charge is -2.09. The van der Waals surface area contributed by atoms with Gasteiger partial charge in [0.1, 0.15) is 12.1 Å². The van der Waals surface area contributed by atoms with Crippen LogP contribution < -0.4 is 5.32 Å². The molecular weight excluding hydrogens is 210 g/mol. The van der Waals surface area contributed by atoms with Crippen molar-refractivity contribution in [3.8, 4) is 0 Å². The van der Waals surface area contributed by atoms with E-state index in [0.717, 1.165) is 23.6 Å². The lowest BCUT2D eigenvalue weighted by molar-refractivity contribution is 1.02. The van der Waals surface area contributed by atoms with Gasteiger partial charge in [-0.15, -0.1) is 0 Å². The highest BCUT2D eigenvalue weighted by Crippen LogP contribution is 2.14. The van der Waals surface area contributed by atoms with E-state index in [1.807, 2.05) is 13.8 Å². The highest BCUT2D eigenvalue weighted by molar-refractivity contribution is 5.45. The molecule has 3 heteroatoms. The SMILES string of the molecule is Cc1ccc(CNc2ncnc(C)c2C)cc1. The van der Waals surface area contributed by atoms with E-state index in [-0.39, 0.29) is 0 Å². The maximum Gasteiger partial charge on any atom is 0.132 e. The molecule has 2 aromatic rings. The van der Waals surface area contributed by atoms with Gasteiger partial charge in [-0.25, -0.2) is 9.97 Å². The fourth-order valence-electron chi connectivity index (χ4n) is 1.61. The molecule has 0 fully saturated rings. The third kappa shape index (κ3) is 2.81. The summed E-state index contributed by atoms with van der Waals surface area (Å²) in [5.74, 6) is 0.915. The van der Waals surface area contributed by atoms with Crippen LogP contribution in [0.1, 0.15) is 22.4 Å². The van der Waals surface area contributed by atoms with Gasteiger partial charge in [0.25, 0.3) is 0 Å². The molecule has 0 spiro atoms. The Morgan fingerprint density at radius 1 is 1.00 bits per heavy atom. The van der Waals surface area contributed by atoms with Crippen molar-refractivity contribution >= 4 is 5.82 Å². The molecule has 1 heterocycles. The van der Waals surface area contributed by atoms with E-state index in [9.17, 15) is 0 Å². The zero-order chi connectivity index (χ0) is 12.3. The Labute approximate surface area is 102 Å². The standard InChI is InChI=1S/C14H17N3/c1-10-4-6-13(7-5-10)8-15-14-11(2)12(3)16-9-17-14/h4-7,9H,8H2,1-3H3,(H,15,16,17). The molecule has 0 saturated heterocycles. The number of hydrogen-bond donors (Lipinski definition) is 1. The van der Waals surface area contributed by atoms with Crippen LogP contribution >= 0.6 is 0 Å². The average Bonchev–Trinajstić information content (AvgIpc) is 2.33. The van der Waals surface area contributed by atoms with E-state index < -0.39 is 0 Å². The van der Waals surface area contributed by atoms with Crippen LogP contribution in [0.25, 0.3) is 0 Å². The number of benzene rings is 1. The smallest absolute Gasteiger partial charge is 0.132 e. The summed E-state index contributed by atoms with van der Waals surface area (Å²) < 4.78 is 0. The van der Waals surface area contributed by atoms with E-state index in [1.54, 1.807) is 6.33 Å². The highest BCUT2D eigenvalue weighted by atomic mass is 15.0. The summed E-state index contributed by atoms with van der Waals surface area (Å²) in [6, 6.07) is 8.50. The zero-order valence-electron chi connectivity index (χ0n) is 10.5. The van der Waals surface area contributed by atoms with Crippen molar-refractivity contribution in [1.29, 1.82) is 0 Å². The van der Waals surface area contributed by atoms with Crippen molar-refractivity contribution in [2.75, 3.05) is 5.32 Å². The summed E-state index contributed by atoms with van der Waals surface area (Å²) in [7, 11) is 0. The van der Waals surface area contributed by atoms with Crippen LogP contribution in [-0.4, -0.2) is 9.97 Å². The van der Waals surface area contributed by atoms with E-state index in [1.165, 1.54) is 11.1 Å². The summed E-state index contributed by atoms with van der Waals surface area (Å²) in [5.41, 5.74) is 4.67. The molecule has 3 nitrogen and oxygen atoms in total.